The molecule has 0 amide bonds. The number of methoxy groups -OCH3 is 1. The van der Waals surface area contributed by atoms with E-state index in [2.05, 4.69) is 0 Å². The van der Waals surface area contributed by atoms with Crippen molar-refractivity contribution in [2.45, 2.75) is 52.4 Å². The third kappa shape index (κ3) is 8.56. The molecule has 0 fully saturated rings. The number of benzene rings is 1. The van der Waals surface area contributed by atoms with Gasteiger partial charge in [0.1, 0.15) is 5.75 Å². The molecule has 1 rings (SSSR count). The number of hydrogen-bond acceptors (Lipinski definition) is 6. The molecule has 0 saturated heterocycles. The normalized spacial score (nSPS) is 14.7. The maximum absolute atomic E-state index is 11.3. The van der Waals surface area contributed by atoms with Gasteiger partial charge >= 0.3 is 5.97 Å². The Morgan fingerprint density at radius 1 is 1.25 bits per heavy atom. The first-order valence-electron chi connectivity index (χ1n) is 9.71. The molecule has 0 radical (unpaired) electrons. The molecule has 4 N–H and O–H groups in total. The minimum Gasteiger partial charge on any atom is -0.493 e. The maximum Gasteiger partial charge on any atom is 0.306 e. The lowest BCUT2D eigenvalue weighted by molar-refractivity contribution is -0.144. The summed E-state index contributed by atoms with van der Waals surface area (Å²) in [6.45, 7) is 7.33. The van der Waals surface area contributed by atoms with Crippen LogP contribution in [0.2, 0.25) is 0 Å². The quantitative estimate of drug-likeness (QED) is 0.413. The lowest BCUT2D eigenvalue weighted by Crippen LogP contribution is -2.41. The Hall–Kier alpha value is -1.67. The van der Waals surface area contributed by atoms with Crippen molar-refractivity contribution in [2.75, 3.05) is 26.9 Å². The lowest BCUT2D eigenvalue weighted by Gasteiger charge is -2.24. The molecule has 160 valence electrons. The molecule has 0 heterocycles. The van der Waals surface area contributed by atoms with E-state index in [0.29, 0.717) is 19.8 Å². The van der Waals surface area contributed by atoms with Gasteiger partial charge < -0.3 is 30.2 Å². The molecule has 1 aromatic rings. The fourth-order valence-electron chi connectivity index (χ4n) is 2.79. The Morgan fingerprint density at radius 2 is 1.96 bits per heavy atom. The smallest absolute Gasteiger partial charge is 0.306 e. The standard InChI is InChI=1S/C21H35NO6/c1-14(2)17(21(24)25)11-19(23)18(22)13-27-12-16-7-6-15(3)20(10-16)28-9-5-8-26-4/h6-7,10,14,17-19,23H,5,8-9,11-13,22H2,1-4H3,(H,24,25). The first-order chi connectivity index (χ1) is 13.3. The molecule has 0 aromatic heterocycles. The average Bonchev–Trinajstić information content (AvgIpc) is 2.64. The van der Waals surface area contributed by atoms with Crippen molar-refractivity contribution in [3.8, 4) is 5.75 Å². The number of carboxylic acid groups (broad SMARTS) is 1. The number of nitrogens with two attached hydrogens (primary N) is 1. The molecule has 0 bridgehead atoms. The molecule has 1 aromatic carbocycles. The Labute approximate surface area is 167 Å². The highest BCUT2D eigenvalue weighted by Crippen LogP contribution is 2.21. The summed E-state index contributed by atoms with van der Waals surface area (Å²) >= 11 is 0. The Kier molecular flexibility index (Phi) is 11.1. The topological polar surface area (TPSA) is 111 Å². The van der Waals surface area contributed by atoms with E-state index >= 15 is 0 Å². The summed E-state index contributed by atoms with van der Waals surface area (Å²) < 4.78 is 16.4. The van der Waals surface area contributed by atoms with E-state index < -0.39 is 24.0 Å². The maximum atomic E-state index is 11.3. The van der Waals surface area contributed by atoms with Crippen molar-refractivity contribution in [3.05, 3.63) is 29.3 Å². The van der Waals surface area contributed by atoms with Gasteiger partial charge in [0.05, 0.1) is 37.9 Å². The summed E-state index contributed by atoms with van der Waals surface area (Å²) in [5.41, 5.74) is 7.96. The van der Waals surface area contributed by atoms with Crippen molar-refractivity contribution >= 4 is 5.97 Å². The number of carbonyl (C=O) groups is 1. The molecule has 3 unspecified atom stereocenters. The van der Waals surface area contributed by atoms with Crippen LogP contribution in [0.1, 0.15) is 37.8 Å². The molecular weight excluding hydrogens is 362 g/mol. The van der Waals surface area contributed by atoms with Gasteiger partial charge in [-0.1, -0.05) is 26.0 Å². The van der Waals surface area contributed by atoms with Gasteiger partial charge in [0.2, 0.25) is 0 Å². The second-order valence-electron chi connectivity index (χ2n) is 7.47. The largest absolute Gasteiger partial charge is 0.493 e. The average molecular weight is 398 g/mol. The van der Waals surface area contributed by atoms with Gasteiger partial charge in [-0.3, -0.25) is 4.79 Å². The van der Waals surface area contributed by atoms with Crippen LogP contribution < -0.4 is 10.5 Å². The fourth-order valence-corrected chi connectivity index (χ4v) is 2.79. The van der Waals surface area contributed by atoms with Gasteiger partial charge in [-0.2, -0.15) is 0 Å². The Morgan fingerprint density at radius 3 is 2.57 bits per heavy atom. The highest BCUT2D eigenvalue weighted by atomic mass is 16.5. The minimum absolute atomic E-state index is 0.0739. The third-order valence-corrected chi connectivity index (χ3v) is 4.69. The second kappa shape index (κ2) is 12.7. The van der Waals surface area contributed by atoms with E-state index in [0.717, 1.165) is 23.3 Å². The molecule has 0 aliphatic rings. The molecule has 7 nitrogen and oxygen atoms in total. The summed E-state index contributed by atoms with van der Waals surface area (Å²) in [6, 6.07) is 5.22. The van der Waals surface area contributed by atoms with Crippen LogP contribution in [-0.2, 0) is 20.9 Å². The molecule has 3 atom stereocenters. The predicted octanol–water partition coefficient (Wildman–Crippen LogP) is 2.36. The molecule has 0 spiro atoms. The first kappa shape index (κ1) is 24.4. The van der Waals surface area contributed by atoms with Crippen molar-refractivity contribution in [3.63, 3.8) is 0 Å². The highest BCUT2D eigenvalue weighted by molar-refractivity contribution is 5.70. The number of aliphatic carboxylic acids is 1. The van der Waals surface area contributed by atoms with Crippen molar-refractivity contribution in [1.82, 2.24) is 0 Å². The van der Waals surface area contributed by atoms with E-state index in [-0.39, 0.29) is 18.9 Å². The van der Waals surface area contributed by atoms with Crippen molar-refractivity contribution in [1.29, 1.82) is 0 Å². The van der Waals surface area contributed by atoms with Crippen LogP contribution in [0.3, 0.4) is 0 Å². The zero-order valence-corrected chi connectivity index (χ0v) is 17.4. The first-order valence-corrected chi connectivity index (χ1v) is 9.71. The zero-order chi connectivity index (χ0) is 21.1. The number of aryl methyl sites for hydroxylation is 1. The highest BCUT2D eigenvalue weighted by Gasteiger charge is 2.27. The van der Waals surface area contributed by atoms with E-state index in [1.54, 1.807) is 7.11 Å². The van der Waals surface area contributed by atoms with Gasteiger partial charge in [-0.25, -0.2) is 0 Å². The molecule has 7 heteroatoms. The summed E-state index contributed by atoms with van der Waals surface area (Å²) in [5, 5.41) is 19.4. The van der Waals surface area contributed by atoms with Crippen LogP contribution in [-0.4, -0.2) is 55.3 Å². The third-order valence-electron chi connectivity index (χ3n) is 4.69. The summed E-state index contributed by atoms with van der Waals surface area (Å²) in [4.78, 5) is 11.3. The van der Waals surface area contributed by atoms with E-state index in [4.69, 9.17) is 19.9 Å². The van der Waals surface area contributed by atoms with Crippen molar-refractivity contribution in [2.24, 2.45) is 17.6 Å². The van der Waals surface area contributed by atoms with Gasteiger partial charge in [-0.05, 0) is 36.5 Å². The number of carboxylic acids is 1. The molecule has 0 saturated carbocycles. The minimum atomic E-state index is -0.929. The molecule has 28 heavy (non-hydrogen) atoms. The monoisotopic (exact) mass is 397 g/mol. The van der Waals surface area contributed by atoms with Gasteiger partial charge in [0.25, 0.3) is 0 Å². The number of aliphatic hydroxyl groups is 1. The number of rotatable bonds is 14. The second-order valence-corrected chi connectivity index (χ2v) is 7.47. The SMILES string of the molecule is COCCCOc1cc(COCC(N)C(O)CC(C(=O)O)C(C)C)ccc1C. The van der Waals surface area contributed by atoms with E-state index in [9.17, 15) is 15.0 Å². The van der Waals surface area contributed by atoms with Crippen LogP contribution >= 0.6 is 0 Å². The van der Waals surface area contributed by atoms with E-state index in [1.165, 1.54) is 0 Å². The Bertz CT molecular complexity index is 592. The van der Waals surface area contributed by atoms with Crippen LogP contribution in [0.4, 0.5) is 0 Å². The molecule has 0 aliphatic heterocycles. The summed E-state index contributed by atoms with van der Waals surface area (Å²) in [5.74, 6) is -0.811. The predicted molar refractivity (Wildman–Crippen MR) is 107 cm³/mol. The number of ether oxygens (including phenoxy) is 3. The van der Waals surface area contributed by atoms with Gasteiger partial charge in [-0.15, -0.1) is 0 Å². The lowest BCUT2D eigenvalue weighted by atomic mass is 9.88. The van der Waals surface area contributed by atoms with Crippen LogP contribution in [0, 0.1) is 18.8 Å². The number of aliphatic hydroxyl groups excluding tert-OH is 1. The zero-order valence-electron chi connectivity index (χ0n) is 17.4. The van der Waals surface area contributed by atoms with Crippen LogP contribution in [0.5, 0.6) is 5.75 Å². The van der Waals surface area contributed by atoms with Gasteiger partial charge in [0, 0.05) is 20.1 Å². The van der Waals surface area contributed by atoms with Crippen LogP contribution in [0.15, 0.2) is 18.2 Å². The molecular formula is C21H35NO6. The summed E-state index contributed by atoms with van der Waals surface area (Å²) in [6.07, 6.45) is -0.000237. The molecule has 0 aliphatic carbocycles. The fraction of sp³-hybridized carbons (Fsp3) is 0.667. The van der Waals surface area contributed by atoms with E-state index in [1.807, 2.05) is 39.0 Å². The number of hydrogen-bond donors (Lipinski definition) is 3. The van der Waals surface area contributed by atoms with Gasteiger partial charge in [0.15, 0.2) is 0 Å². The van der Waals surface area contributed by atoms with Crippen LogP contribution in [0.25, 0.3) is 0 Å². The van der Waals surface area contributed by atoms with Crippen molar-refractivity contribution < 1.29 is 29.2 Å². The summed E-state index contributed by atoms with van der Waals surface area (Å²) in [7, 11) is 1.66. The Balaban J connectivity index is 2.48.